The van der Waals surface area contributed by atoms with Crippen LogP contribution in [-0.2, 0) is 15.6 Å². The lowest BCUT2D eigenvalue weighted by Gasteiger charge is -2.12. The molecule has 0 saturated carbocycles. The predicted octanol–water partition coefficient (Wildman–Crippen LogP) is 3.32. The summed E-state index contributed by atoms with van der Waals surface area (Å²) in [5.41, 5.74) is 7.42. The second kappa shape index (κ2) is 6.07. The van der Waals surface area contributed by atoms with E-state index in [-0.39, 0.29) is 10.6 Å². The average Bonchev–Trinajstić information content (AvgIpc) is 2.41. The van der Waals surface area contributed by atoms with Crippen LogP contribution in [0.3, 0.4) is 0 Å². The Hall–Kier alpha value is -1.53. The van der Waals surface area contributed by atoms with Crippen LogP contribution in [0.15, 0.2) is 45.8 Å². The molecular formula is C15H16BrNO3S. The molecule has 0 unspecified atom stereocenters. The van der Waals surface area contributed by atoms with E-state index in [2.05, 4.69) is 15.9 Å². The first-order valence-corrected chi connectivity index (χ1v) is 8.69. The number of methoxy groups -OCH3 is 1. The number of nitrogens with two attached hydrogens (primary N) is 1. The molecule has 2 N–H and O–H groups in total. The summed E-state index contributed by atoms with van der Waals surface area (Å²) in [6.07, 6.45) is 0. The Morgan fingerprint density at radius 2 is 1.90 bits per heavy atom. The highest BCUT2D eigenvalue weighted by Crippen LogP contribution is 2.28. The smallest absolute Gasteiger partial charge is 0.182 e. The SMILES string of the molecule is COc1ccc(Br)cc1CS(=O)(=O)c1cc(N)ccc1C. The molecule has 0 aliphatic heterocycles. The maximum absolute atomic E-state index is 12.6. The van der Waals surface area contributed by atoms with Crippen molar-refractivity contribution in [2.24, 2.45) is 0 Å². The van der Waals surface area contributed by atoms with Crippen LogP contribution in [0.4, 0.5) is 5.69 Å². The molecule has 0 fully saturated rings. The predicted molar refractivity (Wildman–Crippen MR) is 87.2 cm³/mol. The number of ether oxygens (including phenoxy) is 1. The Balaban J connectivity index is 2.47. The van der Waals surface area contributed by atoms with Gasteiger partial charge in [-0.15, -0.1) is 0 Å². The largest absolute Gasteiger partial charge is 0.496 e. The van der Waals surface area contributed by atoms with E-state index in [1.54, 1.807) is 37.3 Å². The Bertz CT molecular complexity index is 772. The first-order valence-electron chi connectivity index (χ1n) is 6.25. The first-order chi connectivity index (χ1) is 9.83. The number of hydrogen-bond donors (Lipinski definition) is 1. The quantitative estimate of drug-likeness (QED) is 0.839. The Morgan fingerprint density at radius 1 is 1.19 bits per heavy atom. The summed E-state index contributed by atoms with van der Waals surface area (Å²) < 4.78 is 31.3. The minimum Gasteiger partial charge on any atom is -0.496 e. The highest BCUT2D eigenvalue weighted by molar-refractivity contribution is 9.10. The molecule has 4 nitrogen and oxygen atoms in total. The van der Waals surface area contributed by atoms with E-state index >= 15 is 0 Å². The lowest BCUT2D eigenvalue weighted by Crippen LogP contribution is -2.08. The van der Waals surface area contributed by atoms with Crippen molar-refractivity contribution in [2.45, 2.75) is 17.6 Å². The normalized spacial score (nSPS) is 11.4. The van der Waals surface area contributed by atoms with E-state index in [4.69, 9.17) is 10.5 Å². The van der Waals surface area contributed by atoms with Gasteiger partial charge in [-0.25, -0.2) is 8.42 Å². The molecule has 0 saturated heterocycles. The van der Waals surface area contributed by atoms with Crippen molar-refractivity contribution in [1.29, 1.82) is 0 Å². The number of nitrogen functional groups attached to an aromatic ring is 1. The van der Waals surface area contributed by atoms with E-state index in [1.807, 2.05) is 0 Å². The maximum Gasteiger partial charge on any atom is 0.182 e. The lowest BCUT2D eigenvalue weighted by molar-refractivity contribution is 0.411. The molecule has 0 aliphatic rings. The molecule has 0 radical (unpaired) electrons. The van der Waals surface area contributed by atoms with Crippen molar-refractivity contribution in [1.82, 2.24) is 0 Å². The van der Waals surface area contributed by atoms with Gasteiger partial charge >= 0.3 is 0 Å². The van der Waals surface area contributed by atoms with Gasteiger partial charge in [0.05, 0.1) is 17.8 Å². The van der Waals surface area contributed by atoms with Crippen molar-refractivity contribution in [3.63, 3.8) is 0 Å². The second-order valence-corrected chi connectivity index (χ2v) is 7.61. The second-order valence-electron chi connectivity index (χ2n) is 4.74. The monoisotopic (exact) mass is 369 g/mol. The number of anilines is 1. The van der Waals surface area contributed by atoms with Gasteiger partial charge in [-0.1, -0.05) is 22.0 Å². The third kappa shape index (κ3) is 3.57. The molecule has 0 heterocycles. The van der Waals surface area contributed by atoms with E-state index in [9.17, 15) is 8.42 Å². The standard InChI is InChI=1S/C15H16BrNO3S/c1-10-3-5-13(17)8-15(10)21(18,19)9-11-7-12(16)4-6-14(11)20-2/h3-8H,9,17H2,1-2H3. The highest BCUT2D eigenvalue weighted by Gasteiger charge is 2.20. The van der Waals surface area contributed by atoms with Crippen molar-refractivity contribution < 1.29 is 13.2 Å². The van der Waals surface area contributed by atoms with Crippen LogP contribution in [0.25, 0.3) is 0 Å². The maximum atomic E-state index is 12.6. The summed E-state index contributed by atoms with van der Waals surface area (Å²) in [4.78, 5) is 0.254. The van der Waals surface area contributed by atoms with Crippen LogP contribution in [0.2, 0.25) is 0 Å². The van der Waals surface area contributed by atoms with Crippen LogP contribution in [0, 0.1) is 6.92 Å². The number of sulfone groups is 1. The molecule has 0 amide bonds. The fourth-order valence-corrected chi connectivity index (χ4v) is 4.17. The molecule has 0 bridgehead atoms. The van der Waals surface area contributed by atoms with E-state index in [0.29, 0.717) is 22.6 Å². The third-order valence-corrected chi connectivity index (χ3v) is 5.43. The molecule has 2 aromatic carbocycles. The molecule has 112 valence electrons. The summed E-state index contributed by atoms with van der Waals surface area (Å²) in [6.45, 7) is 1.75. The molecule has 2 aromatic rings. The van der Waals surface area contributed by atoms with Gasteiger partial charge in [0.2, 0.25) is 0 Å². The van der Waals surface area contributed by atoms with Crippen LogP contribution in [-0.4, -0.2) is 15.5 Å². The van der Waals surface area contributed by atoms with Crippen LogP contribution in [0.5, 0.6) is 5.75 Å². The molecule has 6 heteroatoms. The summed E-state index contributed by atoms with van der Waals surface area (Å²) >= 11 is 3.34. The molecule has 0 aliphatic carbocycles. The van der Waals surface area contributed by atoms with Gasteiger partial charge in [0.15, 0.2) is 9.84 Å². The van der Waals surface area contributed by atoms with Gasteiger partial charge in [0.25, 0.3) is 0 Å². The fraction of sp³-hybridized carbons (Fsp3) is 0.200. The van der Waals surface area contributed by atoms with E-state index in [0.717, 1.165) is 4.47 Å². The minimum absolute atomic E-state index is 0.139. The Labute approximate surface area is 133 Å². The zero-order chi connectivity index (χ0) is 15.6. The van der Waals surface area contributed by atoms with Gasteiger partial charge in [0.1, 0.15) is 5.75 Å². The number of halogens is 1. The highest BCUT2D eigenvalue weighted by atomic mass is 79.9. The summed E-state index contributed by atoms with van der Waals surface area (Å²) in [7, 11) is -1.98. The number of benzene rings is 2. The first kappa shape index (κ1) is 15.9. The van der Waals surface area contributed by atoms with Gasteiger partial charge in [-0.2, -0.15) is 0 Å². The van der Waals surface area contributed by atoms with Gasteiger partial charge in [0, 0.05) is 15.7 Å². The minimum atomic E-state index is -3.50. The van der Waals surface area contributed by atoms with Crippen molar-refractivity contribution >= 4 is 31.5 Å². The van der Waals surface area contributed by atoms with E-state index in [1.165, 1.54) is 13.2 Å². The lowest BCUT2D eigenvalue weighted by atomic mass is 10.2. The zero-order valence-corrected chi connectivity index (χ0v) is 14.2. The molecule has 2 rings (SSSR count). The molecule has 0 aromatic heterocycles. The number of hydrogen-bond acceptors (Lipinski definition) is 4. The molecule has 21 heavy (non-hydrogen) atoms. The molecular weight excluding hydrogens is 354 g/mol. The Kier molecular flexibility index (Phi) is 4.58. The summed E-state index contributed by atoms with van der Waals surface area (Å²) in [5, 5.41) is 0. The van der Waals surface area contributed by atoms with Crippen molar-refractivity contribution in [3.05, 3.63) is 52.0 Å². The fourth-order valence-electron chi connectivity index (χ4n) is 2.09. The molecule has 0 atom stereocenters. The van der Waals surface area contributed by atoms with Gasteiger partial charge < -0.3 is 10.5 Å². The zero-order valence-electron chi connectivity index (χ0n) is 11.8. The van der Waals surface area contributed by atoms with Crippen molar-refractivity contribution in [3.8, 4) is 5.75 Å². The van der Waals surface area contributed by atoms with Gasteiger partial charge in [-0.05, 0) is 42.8 Å². The number of aryl methyl sites for hydroxylation is 1. The summed E-state index contributed by atoms with van der Waals surface area (Å²) in [6, 6.07) is 10.2. The van der Waals surface area contributed by atoms with Crippen LogP contribution in [0.1, 0.15) is 11.1 Å². The van der Waals surface area contributed by atoms with Gasteiger partial charge in [-0.3, -0.25) is 0 Å². The summed E-state index contributed by atoms with van der Waals surface area (Å²) in [5.74, 6) is 0.406. The van der Waals surface area contributed by atoms with Crippen LogP contribution >= 0.6 is 15.9 Å². The third-order valence-electron chi connectivity index (χ3n) is 3.14. The molecule has 0 spiro atoms. The van der Waals surface area contributed by atoms with Crippen LogP contribution < -0.4 is 10.5 Å². The Morgan fingerprint density at radius 3 is 2.57 bits per heavy atom. The average molecular weight is 370 g/mol. The van der Waals surface area contributed by atoms with E-state index < -0.39 is 9.84 Å². The topological polar surface area (TPSA) is 69.4 Å². The van der Waals surface area contributed by atoms with Crippen molar-refractivity contribution in [2.75, 3.05) is 12.8 Å². The number of rotatable bonds is 4.